The number of ether oxygens (including phenoxy) is 1. The van der Waals surface area contributed by atoms with Gasteiger partial charge in [-0.3, -0.25) is 9.59 Å². The molecule has 2 aromatic carbocycles. The quantitative estimate of drug-likeness (QED) is 0.670. The number of nitrogens with zero attached hydrogens (tertiary/aromatic N) is 3. The molecular weight excluding hydrogens is 400 g/mol. The van der Waals surface area contributed by atoms with Gasteiger partial charge in [0.15, 0.2) is 0 Å². The topological polar surface area (TPSA) is 84.4 Å². The molecule has 1 aliphatic heterocycles. The van der Waals surface area contributed by atoms with Crippen LogP contribution in [-0.4, -0.2) is 40.6 Å². The fourth-order valence-corrected chi connectivity index (χ4v) is 4.36. The van der Waals surface area contributed by atoms with Gasteiger partial charge in [0.25, 0.3) is 11.8 Å². The zero-order valence-electron chi connectivity index (χ0n) is 16.8. The number of carbonyl (C=O) groups excluding carboxylic acids is 2. The molecule has 1 aliphatic rings. The Bertz CT molecular complexity index is 1060. The number of methoxy groups -OCH3 is 1. The van der Waals surface area contributed by atoms with E-state index in [1.807, 2.05) is 37.3 Å². The van der Waals surface area contributed by atoms with Crippen molar-refractivity contribution in [3.8, 4) is 5.75 Å². The van der Waals surface area contributed by atoms with Crippen LogP contribution >= 0.6 is 11.3 Å². The van der Waals surface area contributed by atoms with Crippen molar-refractivity contribution < 1.29 is 14.3 Å². The lowest BCUT2D eigenvalue weighted by Gasteiger charge is -2.23. The van der Waals surface area contributed by atoms with Crippen molar-refractivity contribution in [1.82, 2.24) is 15.1 Å². The molecule has 0 aliphatic carbocycles. The number of hydrogen-bond acceptors (Lipinski definition) is 6. The standard InChI is InChI=1S/C22H22N4O3S/c1-14-8-10-16(11-9-14)23-19(27)21-25-24-20(30-21)18-7-4-12-26(18)22(28)15-5-3-6-17(13-15)29-2/h3,5-6,8-11,13,18H,4,7,12H2,1-2H3,(H,23,27)/t18-/m0/s1. The first-order valence-electron chi connectivity index (χ1n) is 9.71. The van der Waals surface area contributed by atoms with E-state index in [0.29, 0.717) is 28.6 Å². The van der Waals surface area contributed by atoms with Crippen LogP contribution in [0.4, 0.5) is 5.69 Å². The Kier molecular flexibility index (Phi) is 5.76. The number of likely N-dealkylation sites (tertiary alicyclic amines) is 1. The number of benzene rings is 2. The Morgan fingerprint density at radius 2 is 1.97 bits per heavy atom. The van der Waals surface area contributed by atoms with Crippen LogP contribution in [0.3, 0.4) is 0 Å². The number of aromatic nitrogens is 2. The van der Waals surface area contributed by atoms with E-state index in [1.165, 1.54) is 11.3 Å². The third-order valence-corrected chi connectivity index (χ3v) is 6.08. The van der Waals surface area contributed by atoms with Crippen LogP contribution in [-0.2, 0) is 0 Å². The Morgan fingerprint density at radius 1 is 1.17 bits per heavy atom. The maximum Gasteiger partial charge on any atom is 0.286 e. The SMILES string of the molecule is COc1cccc(C(=O)N2CCC[C@H]2c2nnc(C(=O)Nc3ccc(C)cc3)s2)c1. The van der Waals surface area contributed by atoms with Gasteiger partial charge in [-0.25, -0.2) is 0 Å². The lowest BCUT2D eigenvalue weighted by molar-refractivity contribution is 0.0734. The van der Waals surface area contributed by atoms with E-state index in [0.717, 1.165) is 18.4 Å². The molecule has 3 aromatic rings. The van der Waals surface area contributed by atoms with E-state index in [2.05, 4.69) is 15.5 Å². The van der Waals surface area contributed by atoms with E-state index < -0.39 is 0 Å². The number of nitrogens with one attached hydrogen (secondary N) is 1. The number of carbonyl (C=O) groups is 2. The van der Waals surface area contributed by atoms with Crippen LogP contribution in [0.5, 0.6) is 5.75 Å². The van der Waals surface area contributed by atoms with Gasteiger partial charge in [0.1, 0.15) is 10.8 Å². The molecular formula is C22H22N4O3S. The molecule has 2 heterocycles. The second-order valence-corrected chi connectivity index (χ2v) is 8.16. The van der Waals surface area contributed by atoms with Gasteiger partial charge in [0.2, 0.25) is 5.01 Å². The molecule has 1 N–H and O–H groups in total. The molecule has 0 radical (unpaired) electrons. The van der Waals surface area contributed by atoms with Crippen molar-refractivity contribution >= 4 is 28.8 Å². The molecule has 154 valence electrons. The average molecular weight is 423 g/mol. The molecule has 1 fully saturated rings. The second kappa shape index (κ2) is 8.62. The Hall–Kier alpha value is -3.26. The number of anilines is 1. The van der Waals surface area contributed by atoms with Gasteiger partial charge in [0.05, 0.1) is 13.2 Å². The van der Waals surface area contributed by atoms with Crippen molar-refractivity contribution in [2.45, 2.75) is 25.8 Å². The maximum atomic E-state index is 13.1. The first-order chi connectivity index (χ1) is 14.5. The van der Waals surface area contributed by atoms with Gasteiger partial charge in [-0.1, -0.05) is 35.1 Å². The monoisotopic (exact) mass is 422 g/mol. The van der Waals surface area contributed by atoms with Crippen LogP contribution < -0.4 is 10.1 Å². The van der Waals surface area contributed by atoms with Crippen LogP contribution in [0.25, 0.3) is 0 Å². The Labute approximate surface area is 178 Å². The summed E-state index contributed by atoms with van der Waals surface area (Å²) in [5.74, 6) is 0.270. The van der Waals surface area contributed by atoms with Crippen molar-refractivity contribution in [2.24, 2.45) is 0 Å². The highest BCUT2D eigenvalue weighted by molar-refractivity contribution is 7.13. The molecule has 0 unspecified atom stereocenters. The van der Waals surface area contributed by atoms with Gasteiger partial charge in [-0.2, -0.15) is 0 Å². The summed E-state index contributed by atoms with van der Waals surface area (Å²) in [6.07, 6.45) is 1.68. The minimum Gasteiger partial charge on any atom is -0.497 e. The van der Waals surface area contributed by atoms with Crippen molar-refractivity contribution in [3.63, 3.8) is 0 Å². The fourth-order valence-electron chi connectivity index (χ4n) is 3.47. The molecule has 1 atom stereocenters. The largest absolute Gasteiger partial charge is 0.497 e. The summed E-state index contributed by atoms with van der Waals surface area (Å²) in [7, 11) is 1.58. The minimum atomic E-state index is -0.300. The normalized spacial score (nSPS) is 15.8. The molecule has 2 amide bonds. The molecule has 7 nitrogen and oxygen atoms in total. The van der Waals surface area contributed by atoms with Crippen molar-refractivity contribution in [2.75, 3.05) is 19.0 Å². The first kappa shape index (κ1) is 20.0. The van der Waals surface area contributed by atoms with Crippen LogP contribution in [0.1, 0.15) is 49.6 Å². The van der Waals surface area contributed by atoms with Crippen LogP contribution in [0.15, 0.2) is 48.5 Å². The second-order valence-electron chi connectivity index (χ2n) is 7.15. The number of amides is 2. The molecule has 1 saturated heterocycles. The summed E-state index contributed by atoms with van der Waals surface area (Å²) < 4.78 is 5.23. The maximum absolute atomic E-state index is 13.1. The van der Waals surface area contributed by atoms with E-state index >= 15 is 0 Å². The molecule has 8 heteroatoms. The van der Waals surface area contributed by atoms with Gasteiger partial charge in [-0.05, 0) is 50.1 Å². The predicted octanol–water partition coefficient (Wildman–Crippen LogP) is 4.08. The third kappa shape index (κ3) is 4.18. The average Bonchev–Trinajstić information content (AvgIpc) is 3.44. The van der Waals surface area contributed by atoms with Crippen molar-refractivity contribution in [1.29, 1.82) is 0 Å². The molecule has 0 spiro atoms. The van der Waals surface area contributed by atoms with Gasteiger partial charge in [0, 0.05) is 17.8 Å². The summed E-state index contributed by atoms with van der Waals surface area (Å²) in [4.78, 5) is 27.4. The van der Waals surface area contributed by atoms with Gasteiger partial charge >= 0.3 is 0 Å². The number of hydrogen-bond donors (Lipinski definition) is 1. The summed E-state index contributed by atoms with van der Waals surface area (Å²) in [5.41, 5.74) is 2.40. The first-order valence-corrected chi connectivity index (χ1v) is 10.5. The highest BCUT2D eigenvalue weighted by Gasteiger charge is 2.33. The summed E-state index contributed by atoms with van der Waals surface area (Å²) in [5, 5.41) is 12.1. The highest BCUT2D eigenvalue weighted by Crippen LogP contribution is 2.35. The minimum absolute atomic E-state index is 0.0720. The lowest BCUT2D eigenvalue weighted by Crippen LogP contribution is -2.30. The van der Waals surface area contributed by atoms with E-state index in [4.69, 9.17) is 4.74 Å². The van der Waals surface area contributed by atoms with Crippen molar-refractivity contribution in [3.05, 3.63) is 69.7 Å². The van der Waals surface area contributed by atoms with E-state index in [9.17, 15) is 9.59 Å². The molecule has 30 heavy (non-hydrogen) atoms. The number of aryl methyl sites for hydroxylation is 1. The summed E-state index contributed by atoms with van der Waals surface area (Å²) in [6.45, 7) is 2.63. The molecule has 1 aromatic heterocycles. The number of rotatable bonds is 5. The van der Waals surface area contributed by atoms with Gasteiger partial charge < -0.3 is 15.0 Å². The third-order valence-electron chi connectivity index (χ3n) is 5.06. The predicted molar refractivity (Wildman–Crippen MR) is 115 cm³/mol. The van der Waals surface area contributed by atoms with E-state index in [-0.39, 0.29) is 22.9 Å². The van der Waals surface area contributed by atoms with E-state index in [1.54, 1.807) is 30.2 Å². The Morgan fingerprint density at radius 3 is 2.73 bits per heavy atom. The molecule has 4 rings (SSSR count). The summed E-state index contributed by atoms with van der Waals surface area (Å²) >= 11 is 1.23. The fraction of sp³-hybridized carbons (Fsp3) is 0.273. The lowest BCUT2D eigenvalue weighted by atomic mass is 10.1. The molecule has 0 bridgehead atoms. The molecule has 0 saturated carbocycles. The Balaban J connectivity index is 1.49. The van der Waals surface area contributed by atoms with Crippen LogP contribution in [0, 0.1) is 6.92 Å². The highest BCUT2D eigenvalue weighted by atomic mass is 32.1. The van der Waals surface area contributed by atoms with Crippen LogP contribution in [0.2, 0.25) is 0 Å². The summed E-state index contributed by atoms with van der Waals surface area (Å²) in [6, 6.07) is 14.5. The zero-order valence-corrected chi connectivity index (χ0v) is 17.6. The van der Waals surface area contributed by atoms with Gasteiger partial charge in [-0.15, -0.1) is 10.2 Å². The smallest absolute Gasteiger partial charge is 0.286 e. The zero-order chi connectivity index (χ0) is 21.1.